The van der Waals surface area contributed by atoms with Crippen LogP contribution in [0.4, 0.5) is 0 Å². The van der Waals surface area contributed by atoms with Gasteiger partial charge in [-0.2, -0.15) is 0 Å². The number of aromatic nitrogens is 1. The molecule has 0 aliphatic heterocycles. The van der Waals surface area contributed by atoms with Crippen LogP contribution >= 0.6 is 0 Å². The molecule has 4 heteroatoms. The summed E-state index contributed by atoms with van der Waals surface area (Å²) in [5.74, 6) is -0.0876. The van der Waals surface area contributed by atoms with Gasteiger partial charge < -0.3 is 14.8 Å². The van der Waals surface area contributed by atoms with Crippen LogP contribution in [0.5, 0.6) is 5.75 Å². The molecule has 3 aromatic rings. The topological polar surface area (TPSA) is 62.3 Å². The quantitative estimate of drug-likeness (QED) is 0.770. The Morgan fingerprint density at radius 2 is 1.91 bits per heavy atom. The predicted molar refractivity (Wildman–Crippen MR) is 85.8 cm³/mol. The summed E-state index contributed by atoms with van der Waals surface area (Å²) in [6.07, 6.45) is 0.749. The molecule has 0 unspecified atom stereocenters. The molecule has 4 nitrogen and oxygen atoms in total. The van der Waals surface area contributed by atoms with Crippen molar-refractivity contribution in [2.45, 2.75) is 13.3 Å². The largest absolute Gasteiger partial charge is 0.497 e. The van der Waals surface area contributed by atoms with Crippen LogP contribution in [0.2, 0.25) is 0 Å². The van der Waals surface area contributed by atoms with E-state index < -0.39 is 5.97 Å². The van der Waals surface area contributed by atoms with Crippen LogP contribution in [0, 0.1) is 6.92 Å². The van der Waals surface area contributed by atoms with Gasteiger partial charge >= 0.3 is 5.97 Å². The summed E-state index contributed by atoms with van der Waals surface area (Å²) in [7, 11) is 1.65. The number of nitrogens with one attached hydrogen (secondary N) is 1. The molecule has 0 fully saturated rings. The maximum Gasteiger partial charge on any atom is 0.337 e. The number of aromatic amines is 1. The second-order valence-electron chi connectivity index (χ2n) is 5.29. The number of methoxy groups -OCH3 is 1. The van der Waals surface area contributed by atoms with Crippen LogP contribution in [-0.2, 0) is 6.42 Å². The monoisotopic (exact) mass is 295 g/mol. The van der Waals surface area contributed by atoms with Gasteiger partial charge in [-0.3, -0.25) is 0 Å². The van der Waals surface area contributed by atoms with Gasteiger partial charge in [0, 0.05) is 11.1 Å². The fraction of sp³-hybridized carbons (Fsp3) is 0.167. The van der Waals surface area contributed by atoms with Gasteiger partial charge in [-0.05, 0) is 42.7 Å². The zero-order chi connectivity index (χ0) is 15.7. The van der Waals surface area contributed by atoms with Gasteiger partial charge in [-0.15, -0.1) is 0 Å². The summed E-state index contributed by atoms with van der Waals surface area (Å²) < 4.78 is 5.17. The number of carboxylic acid groups (broad SMARTS) is 1. The average Bonchev–Trinajstić information content (AvgIpc) is 2.84. The second kappa shape index (κ2) is 5.56. The van der Waals surface area contributed by atoms with Crippen LogP contribution in [-0.4, -0.2) is 23.2 Å². The van der Waals surface area contributed by atoms with E-state index in [4.69, 9.17) is 4.74 Å². The molecule has 0 bridgehead atoms. The van der Waals surface area contributed by atoms with Crippen molar-refractivity contribution >= 4 is 16.9 Å². The minimum absolute atomic E-state index is 0.307. The van der Waals surface area contributed by atoms with Crippen molar-refractivity contribution < 1.29 is 14.6 Å². The Kier molecular flexibility index (Phi) is 3.59. The average molecular weight is 295 g/mol. The number of ether oxygens (including phenoxy) is 1. The van der Waals surface area contributed by atoms with Crippen LogP contribution in [0.1, 0.15) is 27.2 Å². The molecule has 0 radical (unpaired) electrons. The first-order valence-electron chi connectivity index (χ1n) is 7.06. The van der Waals surface area contributed by atoms with E-state index in [2.05, 4.69) is 4.98 Å². The molecule has 2 N–H and O–H groups in total. The zero-order valence-corrected chi connectivity index (χ0v) is 12.5. The van der Waals surface area contributed by atoms with E-state index in [1.807, 2.05) is 37.3 Å². The number of H-pyrrole nitrogens is 1. The van der Waals surface area contributed by atoms with Crippen LogP contribution in [0.15, 0.2) is 42.5 Å². The lowest BCUT2D eigenvalue weighted by molar-refractivity contribution is 0.0699. The number of hydrogen-bond donors (Lipinski definition) is 2. The number of hydrogen-bond acceptors (Lipinski definition) is 2. The maximum absolute atomic E-state index is 11.3. The summed E-state index contributed by atoms with van der Waals surface area (Å²) in [6, 6.07) is 13.3. The van der Waals surface area contributed by atoms with Gasteiger partial charge in [0.15, 0.2) is 0 Å². The van der Waals surface area contributed by atoms with Gasteiger partial charge in [0.05, 0.1) is 18.2 Å². The van der Waals surface area contributed by atoms with Crippen molar-refractivity contribution in [2.24, 2.45) is 0 Å². The molecule has 3 rings (SSSR count). The highest BCUT2D eigenvalue weighted by molar-refractivity contribution is 6.03. The van der Waals surface area contributed by atoms with Crippen LogP contribution in [0.25, 0.3) is 10.9 Å². The van der Waals surface area contributed by atoms with E-state index in [9.17, 15) is 9.90 Å². The minimum atomic E-state index is -0.914. The van der Waals surface area contributed by atoms with Crippen molar-refractivity contribution in [1.29, 1.82) is 0 Å². The number of carboxylic acids is 1. The Hall–Kier alpha value is -2.75. The first-order valence-corrected chi connectivity index (χ1v) is 7.06. The number of carbonyl (C=O) groups is 1. The number of benzene rings is 2. The van der Waals surface area contributed by atoms with Crippen molar-refractivity contribution in [3.05, 3.63) is 64.8 Å². The molecule has 0 saturated carbocycles. The number of aryl methyl sites for hydroxylation is 1. The smallest absolute Gasteiger partial charge is 0.337 e. The Balaban J connectivity index is 2.05. The molecule has 0 aliphatic carbocycles. The summed E-state index contributed by atoms with van der Waals surface area (Å²) >= 11 is 0. The Labute approximate surface area is 128 Å². The third kappa shape index (κ3) is 2.44. The molecule has 0 atom stereocenters. The molecular weight excluding hydrogens is 278 g/mol. The van der Waals surface area contributed by atoms with E-state index in [1.165, 1.54) is 0 Å². The van der Waals surface area contributed by atoms with Crippen molar-refractivity contribution in [3.63, 3.8) is 0 Å². The summed E-state index contributed by atoms with van der Waals surface area (Å²) in [6.45, 7) is 1.98. The van der Waals surface area contributed by atoms with Gasteiger partial charge in [-0.1, -0.05) is 24.3 Å². The lowest BCUT2D eigenvalue weighted by atomic mass is 10.0. The van der Waals surface area contributed by atoms with Gasteiger partial charge in [0.2, 0.25) is 0 Å². The number of para-hydroxylation sites is 1. The third-order valence-corrected chi connectivity index (χ3v) is 3.93. The number of fused-ring (bicyclic) bond motifs is 1. The molecule has 1 heterocycles. The minimum Gasteiger partial charge on any atom is -0.497 e. The SMILES string of the molecule is COc1ccc(Cc2c(C)[nH]c3c(C(=O)O)cccc23)cc1. The molecule has 0 aliphatic rings. The predicted octanol–water partition coefficient (Wildman–Crippen LogP) is 3.77. The summed E-state index contributed by atoms with van der Waals surface area (Å²) in [4.78, 5) is 14.5. The number of rotatable bonds is 4. The standard InChI is InChI=1S/C18H17NO3/c1-11-16(10-12-6-8-13(22-2)9-7-12)14-4-3-5-15(18(20)21)17(14)19-11/h3-9,19H,10H2,1-2H3,(H,20,21). The normalized spacial score (nSPS) is 10.8. The highest BCUT2D eigenvalue weighted by atomic mass is 16.5. The second-order valence-corrected chi connectivity index (χ2v) is 5.29. The van der Waals surface area contributed by atoms with E-state index in [0.717, 1.165) is 34.4 Å². The van der Waals surface area contributed by atoms with Crippen molar-refractivity contribution in [1.82, 2.24) is 4.98 Å². The van der Waals surface area contributed by atoms with E-state index in [0.29, 0.717) is 11.1 Å². The maximum atomic E-state index is 11.3. The Bertz CT molecular complexity index is 831. The molecule has 0 spiro atoms. The molecule has 1 aromatic heterocycles. The molecule has 22 heavy (non-hydrogen) atoms. The molecule has 2 aromatic carbocycles. The molecule has 0 amide bonds. The third-order valence-electron chi connectivity index (χ3n) is 3.93. The van der Waals surface area contributed by atoms with E-state index in [1.54, 1.807) is 19.2 Å². The van der Waals surface area contributed by atoms with E-state index in [-0.39, 0.29) is 0 Å². The summed E-state index contributed by atoms with van der Waals surface area (Å²) in [5, 5.41) is 10.3. The van der Waals surface area contributed by atoms with Gasteiger partial charge in [0.1, 0.15) is 5.75 Å². The molecule has 112 valence electrons. The first-order chi connectivity index (χ1) is 10.6. The van der Waals surface area contributed by atoms with Crippen LogP contribution in [0.3, 0.4) is 0 Å². The summed E-state index contributed by atoms with van der Waals surface area (Å²) in [5.41, 5.74) is 4.28. The van der Waals surface area contributed by atoms with Crippen LogP contribution < -0.4 is 4.74 Å². The molecular formula is C18H17NO3. The van der Waals surface area contributed by atoms with E-state index >= 15 is 0 Å². The van der Waals surface area contributed by atoms with Gasteiger partial charge in [0.25, 0.3) is 0 Å². The fourth-order valence-electron chi connectivity index (χ4n) is 2.76. The Morgan fingerprint density at radius 3 is 2.55 bits per heavy atom. The van der Waals surface area contributed by atoms with Crippen molar-refractivity contribution in [3.8, 4) is 5.75 Å². The Morgan fingerprint density at radius 1 is 1.18 bits per heavy atom. The first kappa shape index (κ1) is 14.2. The fourth-order valence-corrected chi connectivity index (χ4v) is 2.76. The highest BCUT2D eigenvalue weighted by Gasteiger charge is 2.15. The lowest BCUT2D eigenvalue weighted by Gasteiger charge is -2.04. The number of aromatic carboxylic acids is 1. The molecule has 0 saturated heterocycles. The van der Waals surface area contributed by atoms with Crippen molar-refractivity contribution in [2.75, 3.05) is 7.11 Å². The highest BCUT2D eigenvalue weighted by Crippen LogP contribution is 2.27. The van der Waals surface area contributed by atoms with Gasteiger partial charge in [-0.25, -0.2) is 4.79 Å². The lowest BCUT2D eigenvalue weighted by Crippen LogP contribution is -1.96. The zero-order valence-electron chi connectivity index (χ0n) is 12.5.